The van der Waals surface area contributed by atoms with Gasteiger partial charge in [0, 0.05) is 18.8 Å². The maximum atomic E-state index is 12.7. The van der Waals surface area contributed by atoms with Gasteiger partial charge in [-0.3, -0.25) is 9.69 Å². The van der Waals surface area contributed by atoms with Gasteiger partial charge in [-0.1, -0.05) is 0 Å². The number of fused-ring (bicyclic) bond motifs is 1. The summed E-state index contributed by atoms with van der Waals surface area (Å²) in [6.07, 6.45) is 1.17. The zero-order valence-electron chi connectivity index (χ0n) is 18.4. The minimum absolute atomic E-state index is 0.0752. The van der Waals surface area contributed by atoms with Crippen molar-refractivity contribution in [2.24, 2.45) is 0 Å². The van der Waals surface area contributed by atoms with Crippen LogP contribution in [0.2, 0.25) is 0 Å². The Hall–Kier alpha value is -3.07. The van der Waals surface area contributed by atoms with Crippen molar-refractivity contribution >= 4 is 29.3 Å². The van der Waals surface area contributed by atoms with Crippen molar-refractivity contribution in [3.05, 3.63) is 35.0 Å². The van der Waals surface area contributed by atoms with Crippen LogP contribution >= 0.6 is 0 Å². The van der Waals surface area contributed by atoms with Crippen molar-refractivity contribution in [3.8, 4) is 0 Å². The Morgan fingerprint density at radius 2 is 2.00 bits per heavy atom. The number of aliphatic hydroxyl groups is 1. The Kier molecular flexibility index (Phi) is 6.54. The summed E-state index contributed by atoms with van der Waals surface area (Å²) in [7, 11) is 1.26. The number of esters is 1. The monoisotopic (exact) mass is 431 g/mol. The third-order valence-electron chi connectivity index (χ3n) is 5.03. The Morgan fingerprint density at radius 3 is 2.65 bits per heavy atom. The molecule has 1 aromatic carbocycles. The highest BCUT2D eigenvalue weighted by molar-refractivity contribution is 6.08. The molecule has 0 saturated heterocycles. The molecule has 2 heterocycles. The number of methoxy groups -OCH3 is 1. The van der Waals surface area contributed by atoms with Crippen LogP contribution in [-0.2, 0) is 25.5 Å². The molecular weight excluding hydrogens is 402 g/mol. The Labute approximate surface area is 181 Å². The van der Waals surface area contributed by atoms with E-state index >= 15 is 0 Å². The summed E-state index contributed by atoms with van der Waals surface area (Å²) in [6.45, 7) is 6.05. The highest BCUT2D eigenvalue weighted by Gasteiger charge is 2.35. The number of anilines is 2. The number of β-amino-alcohol motifs (C(OH)–C–C–N with tert-alkyl or cyclic N) is 1. The molecule has 2 aliphatic heterocycles. The highest BCUT2D eigenvalue weighted by atomic mass is 16.6. The molecule has 0 unspecified atom stereocenters. The lowest BCUT2D eigenvalue weighted by atomic mass is 10.0. The number of aryl methyl sites for hydroxylation is 1. The summed E-state index contributed by atoms with van der Waals surface area (Å²) in [5.41, 5.74) is 2.11. The van der Waals surface area contributed by atoms with Gasteiger partial charge in [0.15, 0.2) is 0 Å². The van der Waals surface area contributed by atoms with E-state index in [9.17, 15) is 19.5 Å². The summed E-state index contributed by atoms with van der Waals surface area (Å²) >= 11 is 0. The number of aliphatic hydroxyl groups excluding tert-OH is 1. The largest absolute Gasteiger partial charge is 0.466 e. The predicted octanol–water partition coefficient (Wildman–Crippen LogP) is 2.05. The topological polar surface area (TPSA) is 108 Å². The molecule has 31 heavy (non-hydrogen) atoms. The van der Waals surface area contributed by atoms with E-state index in [2.05, 4.69) is 5.32 Å². The summed E-state index contributed by atoms with van der Waals surface area (Å²) in [5.74, 6) is -0.965. The number of amides is 2. The number of hydrogen-bond acceptors (Lipinski definition) is 7. The van der Waals surface area contributed by atoms with E-state index in [1.807, 2.05) is 32.9 Å². The Balaban J connectivity index is 1.86. The molecule has 0 aromatic heterocycles. The normalized spacial score (nSPS) is 16.4. The van der Waals surface area contributed by atoms with Gasteiger partial charge in [-0.2, -0.15) is 0 Å². The first kappa shape index (κ1) is 22.6. The number of hydrogen-bond donors (Lipinski definition) is 2. The molecular formula is C22H29N3O6. The third-order valence-corrected chi connectivity index (χ3v) is 5.03. The Morgan fingerprint density at radius 1 is 1.26 bits per heavy atom. The standard InChI is InChI=1S/C22H29N3O6/c1-22(2,3)31-21(29)25-9-5-6-14-12-15(7-8-17(14)25)23-18-16(20(28)30-4)13-24(10-11-26)19(18)27/h7-8,12,23,26H,5-6,9-11,13H2,1-4H3. The van der Waals surface area contributed by atoms with Crippen molar-refractivity contribution in [1.82, 2.24) is 4.90 Å². The zero-order chi connectivity index (χ0) is 22.8. The number of benzene rings is 1. The van der Waals surface area contributed by atoms with Crippen molar-refractivity contribution in [3.63, 3.8) is 0 Å². The van der Waals surface area contributed by atoms with Gasteiger partial charge in [0.05, 0.1) is 31.5 Å². The number of nitrogens with one attached hydrogen (secondary N) is 1. The molecule has 1 aromatic rings. The number of ether oxygens (including phenoxy) is 2. The van der Waals surface area contributed by atoms with Gasteiger partial charge in [0.25, 0.3) is 5.91 Å². The van der Waals surface area contributed by atoms with Crippen LogP contribution in [0, 0.1) is 0 Å². The second-order valence-electron chi connectivity index (χ2n) is 8.50. The van der Waals surface area contributed by atoms with Crippen LogP contribution < -0.4 is 10.2 Å². The molecule has 0 bridgehead atoms. The third kappa shape index (κ3) is 4.99. The van der Waals surface area contributed by atoms with Crippen molar-refractivity contribution < 1.29 is 29.0 Å². The molecule has 0 atom stereocenters. The van der Waals surface area contributed by atoms with Gasteiger partial charge in [-0.25, -0.2) is 9.59 Å². The van der Waals surface area contributed by atoms with Crippen molar-refractivity contribution in [2.75, 3.05) is 43.6 Å². The number of rotatable bonds is 5. The summed E-state index contributed by atoms with van der Waals surface area (Å²) in [5, 5.41) is 12.2. The molecule has 0 aliphatic carbocycles. The van der Waals surface area contributed by atoms with Crippen molar-refractivity contribution in [2.45, 2.75) is 39.2 Å². The molecule has 9 nitrogen and oxygen atoms in total. The molecule has 2 N–H and O–H groups in total. The predicted molar refractivity (Wildman–Crippen MR) is 115 cm³/mol. The molecule has 3 rings (SSSR count). The summed E-state index contributed by atoms with van der Waals surface area (Å²) in [4.78, 5) is 40.5. The molecule has 2 aliphatic rings. The van der Waals surface area contributed by atoms with Crippen molar-refractivity contribution in [1.29, 1.82) is 0 Å². The fourth-order valence-electron chi connectivity index (χ4n) is 3.67. The molecule has 0 spiro atoms. The van der Waals surface area contributed by atoms with Crippen LogP contribution in [0.3, 0.4) is 0 Å². The first-order chi connectivity index (χ1) is 14.6. The van der Waals surface area contributed by atoms with E-state index in [1.54, 1.807) is 11.0 Å². The molecule has 0 saturated carbocycles. The van der Waals surface area contributed by atoms with Gasteiger partial charge in [0.2, 0.25) is 0 Å². The average Bonchev–Trinajstić information content (AvgIpc) is 3.01. The first-order valence-corrected chi connectivity index (χ1v) is 10.3. The SMILES string of the molecule is COC(=O)C1=C(Nc2ccc3c(c2)CCCN3C(=O)OC(C)(C)C)C(=O)N(CCO)C1. The minimum atomic E-state index is -0.592. The van der Waals surface area contributed by atoms with Crippen LogP contribution in [0.5, 0.6) is 0 Å². The Bertz CT molecular complexity index is 918. The van der Waals surface area contributed by atoms with Crippen LogP contribution in [-0.4, -0.2) is 66.9 Å². The lowest BCUT2D eigenvalue weighted by Crippen LogP contribution is -2.39. The van der Waals surface area contributed by atoms with E-state index in [0.717, 1.165) is 24.1 Å². The van der Waals surface area contributed by atoms with Gasteiger partial charge in [-0.15, -0.1) is 0 Å². The second kappa shape index (κ2) is 8.97. The van der Waals surface area contributed by atoms with Gasteiger partial charge in [0.1, 0.15) is 11.3 Å². The van der Waals surface area contributed by atoms with E-state index in [1.165, 1.54) is 12.0 Å². The summed E-state index contributed by atoms with van der Waals surface area (Å²) < 4.78 is 10.3. The number of carbonyl (C=O) groups is 3. The lowest BCUT2D eigenvalue weighted by Gasteiger charge is -2.32. The number of carbonyl (C=O) groups excluding carboxylic acids is 3. The minimum Gasteiger partial charge on any atom is -0.466 e. The van der Waals surface area contributed by atoms with E-state index in [0.29, 0.717) is 12.2 Å². The number of nitrogens with zero attached hydrogens (tertiary/aromatic N) is 2. The van der Waals surface area contributed by atoms with Gasteiger partial charge >= 0.3 is 12.1 Å². The molecule has 168 valence electrons. The second-order valence-corrected chi connectivity index (χ2v) is 8.50. The smallest absolute Gasteiger partial charge is 0.414 e. The summed E-state index contributed by atoms with van der Waals surface area (Å²) in [6, 6.07) is 5.44. The molecule has 0 fully saturated rings. The van der Waals surface area contributed by atoms with Crippen LogP contribution in [0.15, 0.2) is 29.5 Å². The maximum absolute atomic E-state index is 12.7. The van der Waals surface area contributed by atoms with Gasteiger partial charge < -0.3 is 24.8 Å². The quantitative estimate of drug-likeness (QED) is 0.687. The molecule has 9 heteroatoms. The lowest BCUT2D eigenvalue weighted by molar-refractivity contribution is -0.136. The first-order valence-electron chi connectivity index (χ1n) is 10.3. The van der Waals surface area contributed by atoms with Gasteiger partial charge in [-0.05, 0) is 57.4 Å². The van der Waals surface area contributed by atoms with Crippen LogP contribution in [0.1, 0.15) is 32.8 Å². The van der Waals surface area contributed by atoms with E-state index in [4.69, 9.17) is 9.47 Å². The fraction of sp³-hybridized carbons (Fsp3) is 0.500. The average molecular weight is 431 g/mol. The molecule has 0 radical (unpaired) electrons. The molecule has 2 amide bonds. The van der Waals surface area contributed by atoms with E-state index < -0.39 is 17.7 Å². The zero-order valence-corrected chi connectivity index (χ0v) is 18.4. The van der Waals surface area contributed by atoms with Crippen LogP contribution in [0.25, 0.3) is 0 Å². The van der Waals surface area contributed by atoms with Crippen LogP contribution in [0.4, 0.5) is 16.2 Å². The fourth-order valence-corrected chi connectivity index (χ4v) is 3.67. The highest BCUT2D eigenvalue weighted by Crippen LogP contribution is 2.32. The van der Waals surface area contributed by atoms with E-state index in [-0.39, 0.29) is 36.9 Å². The maximum Gasteiger partial charge on any atom is 0.414 e.